The smallest absolute Gasteiger partial charge is 0.340 e. The second-order valence-corrected chi connectivity index (χ2v) is 4.71. The molecule has 0 saturated heterocycles. The first-order valence-corrected chi connectivity index (χ1v) is 6.44. The molecule has 2 aromatic rings. The van der Waals surface area contributed by atoms with E-state index in [1.165, 1.54) is 31.4 Å². The summed E-state index contributed by atoms with van der Waals surface area (Å²) in [5, 5.41) is 3.18. The molecule has 6 heteroatoms. The van der Waals surface area contributed by atoms with Gasteiger partial charge in [0, 0.05) is 22.8 Å². The van der Waals surface area contributed by atoms with Gasteiger partial charge in [-0.15, -0.1) is 0 Å². The molecule has 110 valence electrons. The number of nitrogens with one attached hydrogen (secondary N) is 1. The monoisotopic (exact) mass is 311 g/mol. The van der Waals surface area contributed by atoms with Gasteiger partial charge in [0.2, 0.25) is 0 Å². The first-order chi connectivity index (χ1) is 10.0. The first-order valence-electron chi connectivity index (χ1n) is 6.07. The fraction of sp³-hybridized carbons (Fsp3) is 0.133. The van der Waals surface area contributed by atoms with Crippen molar-refractivity contribution in [1.82, 2.24) is 0 Å². The van der Waals surface area contributed by atoms with Gasteiger partial charge in [0.1, 0.15) is 11.6 Å². The van der Waals surface area contributed by atoms with Gasteiger partial charge in [-0.25, -0.2) is 13.6 Å². The van der Waals surface area contributed by atoms with Crippen molar-refractivity contribution in [2.24, 2.45) is 0 Å². The van der Waals surface area contributed by atoms with E-state index in [2.05, 4.69) is 10.1 Å². The van der Waals surface area contributed by atoms with Gasteiger partial charge in [-0.3, -0.25) is 0 Å². The van der Waals surface area contributed by atoms with Gasteiger partial charge >= 0.3 is 5.97 Å². The van der Waals surface area contributed by atoms with Crippen molar-refractivity contribution in [3.05, 3.63) is 64.2 Å². The normalized spacial score (nSPS) is 10.3. The van der Waals surface area contributed by atoms with Gasteiger partial charge in [-0.1, -0.05) is 17.7 Å². The number of methoxy groups -OCH3 is 1. The minimum absolute atomic E-state index is 0.0480. The fourth-order valence-corrected chi connectivity index (χ4v) is 1.96. The number of ether oxygens (including phenoxy) is 1. The van der Waals surface area contributed by atoms with Crippen LogP contribution in [0.4, 0.5) is 14.5 Å². The molecule has 0 fully saturated rings. The van der Waals surface area contributed by atoms with Crippen LogP contribution in [0, 0.1) is 11.6 Å². The Morgan fingerprint density at radius 1 is 1.24 bits per heavy atom. The molecular weight excluding hydrogens is 300 g/mol. The van der Waals surface area contributed by atoms with Crippen LogP contribution in [-0.2, 0) is 11.3 Å². The van der Waals surface area contributed by atoms with Crippen molar-refractivity contribution in [3.63, 3.8) is 0 Å². The summed E-state index contributed by atoms with van der Waals surface area (Å²) in [6, 6.07) is 7.96. The third-order valence-corrected chi connectivity index (χ3v) is 3.11. The third kappa shape index (κ3) is 3.70. The Labute approximate surface area is 125 Å². The number of hydrogen-bond acceptors (Lipinski definition) is 3. The summed E-state index contributed by atoms with van der Waals surface area (Å²) in [7, 11) is 1.20. The largest absolute Gasteiger partial charge is 0.465 e. The van der Waals surface area contributed by atoms with Crippen molar-refractivity contribution in [3.8, 4) is 0 Å². The molecule has 0 aliphatic heterocycles. The van der Waals surface area contributed by atoms with Crippen molar-refractivity contribution in [2.75, 3.05) is 12.4 Å². The summed E-state index contributed by atoms with van der Waals surface area (Å²) >= 11 is 5.67. The third-order valence-electron chi connectivity index (χ3n) is 2.87. The number of hydrogen-bond donors (Lipinski definition) is 1. The quantitative estimate of drug-likeness (QED) is 0.867. The standard InChI is InChI=1S/C15H12ClF2NO2/c1-21-15(20)12-7-11(17)4-5-14(12)19-8-9-2-3-10(16)6-13(9)18/h2-7,19H,8H2,1H3. The molecular formula is C15H12ClF2NO2. The van der Waals surface area contributed by atoms with Crippen LogP contribution in [0.3, 0.4) is 0 Å². The lowest BCUT2D eigenvalue weighted by atomic mass is 10.1. The van der Waals surface area contributed by atoms with E-state index in [0.29, 0.717) is 16.3 Å². The van der Waals surface area contributed by atoms with E-state index in [-0.39, 0.29) is 12.1 Å². The zero-order valence-corrected chi connectivity index (χ0v) is 11.9. The van der Waals surface area contributed by atoms with Gasteiger partial charge in [-0.2, -0.15) is 0 Å². The number of halogens is 3. The highest BCUT2D eigenvalue weighted by Gasteiger charge is 2.13. The maximum Gasteiger partial charge on any atom is 0.340 e. The summed E-state index contributed by atoms with van der Waals surface area (Å²) in [5.41, 5.74) is 0.781. The Kier molecular flexibility index (Phi) is 4.75. The maximum absolute atomic E-state index is 13.7. The van der Waals surface area contributed by atoms with E-state index in [1.54, 1.807) is 6.07 Å². The molecule has 0 spiro atoms. The van der Waals surface area contributed by atoms with E-state index >= 15 is 0 Å². The SMILES string of the molecule is COC(=O)c1cc(F)ccc1NCc1ccc(Cl)cc1F. The number of carbonyl (C=O) groups excluding carboxylic acids is 1. The average Bonchev–Trinajstić information content (AvgIpc) is 2.46. The van der Waals surface area contributed by atoms with E-state index < -0.39 is 17.6 Å². The molecule has 1 N–H and O–H groups in total. The summed E-state index contributed by atoms with van der Waals surface area (Å²) in [6.45, 7) is 0.124. The van der Waals surface area contributed by atoms with E-state index in [1.807, 2.05) is 0 Å². The zero-order chi connectivity index (χ0) is 15.4. The molecule has 2 aromatic carbocycles. The Bertz CT molecular complexity index is 677. The van der Waals surface area contributed by atoms with Gasteiger partial charge in [0.05, 0.1) is 12.7 Å². The molecule has 0 unspecified atom stereocenters. The number of rotatable bonds is 4. The molecule has 0 radical (unpaired) electrons. The highest BCUT2D eigenvalue weighted by Crippen LogP contribution is 2.20. The Balaban J connectivity index is 2.21. The van der Waals surface area contributed by atoms with Crippen molar-refractivity contribution < 1.29 is 18.3 Å². The van der Waals surface area contributed by atoms with Crippen LogP contribution in [0.15, 0.2) is 36.4 Å². The number of benzene rings is 2. The van der Waals surface area contributed by atoms with Gasteiger partial charge in [0.15, 0.2) is 0 Å². The Morgan fingerprint density at radius 2 is 2.00 bits per heavy atom. The van der Waals surface area contributed by atoms with E-state index in [4.69, 9.17) is 11.6 Å². The van der Waals surface area contributed by atoms with Crippen LogP contribution in [0.1, 0.15) is 15.9 Å². The molecule has 0 atom stereocenters. The summed E-state index contributed by atoms with van der Waals surface area (Å²) < 4.78 is 31.5. The number of anilines is 1. The Morgan fingerprint density at radius 3 is 2.67 bits per heavy atom. The molecule has 21 heavy (non-hydrogen) atoms. The van der Waals surface area contributed by atoms with Gasteiger partial charge < -0.3 is 10.1 Å². The highest BCUT2D eigenvalue weighted by molar-refractivity contribution is 6.30. The highest BCUT2D eigenvalue weighted by atomic mass is 35.5. The molecule has 0 aliphatic rings. The van der Waals surface area contributed by atoms with Crippen LogP contribution in [0.2, 0.25) is 5.02 Å². The average molecular weight is 312 g/mol. The molecule has 0 aliphatic carbocycles. The molecule has 0 aromatic heterocycles. The van der Waals surface area contributed by atoms with E-state index in [9.17, 15) is 13.6 Å². The van der Waals surface area contributed by atoms with Crippen molar-refractivity contribution >= 4 is 23.3 Å². The molecule has 0 bridgehead atoms. The second kappa shape index (κ2) is 6.54. The molecule has 0 heterocycles. The molecule has 2 rings (SSSR count). The topological polar surface area (TPSA) is 38.3 Å². The zero-order valence-electron chi connectivity index (χ0n) is 11.1. The second-order valence-electron chi connectivity index (χ2n) is 4.27. The predicted molar refractivity (Wildman–Crippen MR) is 76.5 cm³/mol. The van der Waals surface area contributed by atoms with Crippen LogP contribution in [-0.4, -0.2) is 13.1 Å². The lowest BCUT2D eigenvalue weighted by molar-refractivity contribution is 0.0601. The lowest BCUT2D eigenvalue weighted by Crippen LogP contribution is -2.09. The summed E-state index contributed by atoms with van der Waals surface area (Å²) in [4.78, 5) is 11.6. The van der Waals surface area contributed by atoms with Gasteiger partial charge in [-0.05, 0) is 30.3 Å². The van der Waals surface area contributed by atoms with E-state index in [0.717, 1.165) is 6.07 Å². The Hall–Kier alpha value is -2.14. The van der Waals surface area contributed by atoms with Crippen LogP contribution >= 0.6 is 11.6 Å². The fourth-order valence-electron chi connectivity index (χ4n) is 1.80. The van der Waals surface area contributed by atoms with Crippen LogP contribution in [0.5, 0.6) is 0 Å². The summed E-state index contributed by atoms with van der Waals surface area (Å²) in [5.74, 6) is -1.69. The van der Waals surface area contributed by atoms with Crippen LogP contribution in [0.25, 0.3) is 0 Å². The minimum atomic E-state index is -0.673. The molecule has 0 saturated carbocycles. The minimum Gasteiger partial charge on any atom is -0.465 e. The van der Waals surface area contributed by atoms with Crippen molar-refractivity contribution in [2.45, 2.75) is 6.54 Å². The summed E-state index contributed by atoms with van der Waals surface area (Å²) in [6.07, 6.45) is 0. The lowest BCUT2D eigenvalue weighted by Gasteiger charge is -2.11. The maximum atomic E-state index is 13.7. The first kappa shape index (κ1) is 15.3. The number of carbonyl (C=O) groups is 1. The molecule has 0 amide bonds. The number of esters is 1. The van der Waals surface area contributed by atoms with Crippen molar-refractivity contribution in [1.29, 1.82) is 0 Å². The molecule has 3 nitrogen and oxygen atoms in total. The van der Waals surface area contributed by atoms with Crippen LogP contribution < -0.4 is 5.32 Å². The van der Waals surface area contributed by atoms with Gasteiger partial charge in [0.25, 0.3) is 0 Å². The predicted octanol–water partition coefficient (Wildman–Crippen LogP) is 4.02.